The molecule has 4 aromatic rings. The number of hydrogen-bond donors (Lipinski definition) is 1. The molecule has 1 aromatic carbocycles. The predicted molar refractivity (Wildman–Crippen MR) is 137 cm³/mol. The van der Waals surface area contributed by atoms with Crippen LogP contribution in [0, 0.1) is 0 Å². The highest BCUT2D eigenvalue weighted by molar-refractivity contribution is 7.15. The van der Waals surface area contributed by atoms with Crippen LogP contribution in [0.3, 0.4) is 0 Å². The Kier molecular flexibility index (Phi) is 6.30. The van der Waals surface area contributed by atoms with Crippen LogP contribution in [-0.2, 0) is 24.9 Å². The minimum atomic E-state index is -0.0323. The highest BCUT2D eigenvalue weighted by Gasteiger charge is 2.22. The number of benzene rings is 1. The molecule has 0 atom stereocenters. The topological polar surface area (TPSA) is 63.2 Å². The zero-order valence-corrected chi connectivity index (χ0v) is 20.6. The van der Waals surface area contributed by atoms with Crippen molar-refractivity contribution in [3.63, 3.8) is 0 Å². The maximum Gasteiger partial charge on any atom is 0.243 e. The van der Waals surface area contributed by atoms with Gasteiger partial charge in [-0.15, -0.1) is 11.3 Å². The second-order valence-electron chi connectivity index (χ2n) is 9.53. The first-order chi connectivity index (χ1) is 16.5. The van der Waals surface area contributed by atoms with Crippen LogP contribution < -0.4 is 10.1 Å². The lowest BCUT2D eigenvalue weighted by Gasteiger charge is -2.25. The molecular formula is C27H29N5OS. The number of rotatable bonds is 6. The minimum absolute atomic E-state index is 0.0323. The number of pyridine rings is 2. The number of hydrogen-bond acceptors (Lipinski definition) is 7. The van der Waals surface area contributed by atoms with E-state index in [-0.39, 0.29) is 5.41 Å². The SMILES string of the molecule is CC(C)(C)c1ccccc1Oc1ncccc1Nc1nc2c(s1)CN(Cc1ccncc1)CC2. The van der Waals surface area contributed by atoms with Gasteiger partial charge in [0.2, 0.25) is 5.88 Å². The average Bonchev–Trinajstić information content (AvgIpc) is 3.22. The molecule has 0 saturated heterocycles. The van der Waals surface area contributed by atoms with Gasteiger partial charge in [0.1, 0.15) is 11.4 Å². The highest BCUT2D eigenvalue weighted by Crippen LogP contribution is 2.37. The van der Waals surface area contributed by atoms with E-state index >= 15 is 0 Å². The number of anilines is 2. The van der Waals surface area contributed by atoms with Crippen molar-refractivity contribution in [1.29, 1.82) is 0 Å². The maximum atomic E-state index is 6.31. The Balaban J connectivity index is 1.33. The van der Waals surface area contributed by atoms with Crippen LogP contribution in [0.5, 0.6) is 11.6 Å². The van der Waals surface area contributed by atoms with Crippen molar-refractivity contribution in [1.82, 2.24) is 19.9 Å². The lowest BCUT2D eigenvalue weighted by atomic mass is 9.86. The van der Waals surface area contributed by atoms with Gasteiger partial charge in [-0.05, 0) is 41.3 Å². The summed E-state index contributed by atoms with van der Waals surface area (Å²) in [6, 6.07) is 16.2. The van der Waals surface area contributed by atoms with Gasteiger partial charge in [-0.25, -0.2) is 9.97 Å². The minimum Gasteiger partial charge on any atom is -0.437 e. The lowest BCUT2D eigenvalue weighted by molar-refractivity contribution is 0.247. The van der Waals surface area contributed by atoms with Crippen LogP contribution in [0.15, 0.2) is 67.1 Å². The Morgan fingerprint density at radius 2 is 1.85 bits per heavy atom. The number of para-hydroxylation sites is 1. The van der Waals surface area contributed by atoms with E-state index < -0.39 is 0 Å². The first-order valence-corrected chi connectivity index (χ1v) is 12.4. The second-order valence-corrected chi connectivity index (χ2v) is 10.6. The smallest absolute Gasteiger partial charge is 0.243 e. The monoisotopic (exact) mass is 471 g/mol. The number of nitrogens with zero attached hydrogens (tertiary/aromatic N) is 4. The summed E-state index contributed by atoms with van der Waals surface area (Å²) < 4.78 is 6.31. The molecule has 3 aromatic heterocycles. The van der Waals surface area contributed by atoms with E-state index in [0.717, 1.165) is 48.2 Å². The summed E-state index contributed by atoms with van der Waals surface area (Å²) in [5.41, 5.74) is 4.39. The van der Waals surface area contributed by atoms with Gasteiger partial charge in [-0.3, -0.25) is 9.88 Å². The number of ether oxygens (including phenoxy) is 1. The van der Waals surface area contributed by atoms with E-state index in [0.29, 0.717) is 5.88 Å². The second kappa shape index (κ2) is 9.52. The van der Waals surface area contributed by atoms with Crippen molar-refractivity contribution >= 4 is 22.2 Å². The van der Waals surface area contributed by atoms with Gasteiger partial charge < -0.3 is 10.1 Å². The molecule has 0 radical (unpaired) electrons. The fourth-order valence-corrected chi connectivity index (χ4v) is 5.21. The number of thiazole rings is 1. The molecule has 1 N–H and O–H groups in total. The molecule has 34 heavy (non-hydrogen) atoms. The summed E-state index contributed by atoms with van der Waals surface area (Å²) in [4.78, 5) is 17.3. The number of aromatic nitrogens is 3. The Labute approximate surface area is 204 Å². The molecule has 5 rings (SSSR count). The summed E-state index contributed by atoms with van der Waals surface area (Å²) in [6.07, 6.45) is 6.41. The molecule has 0 aliphatic carbocycles. The maximum absolute atomic E-state index is 6.31. The van der Waals surface area contributed by atoms with E-state index in [1.165, 1.54) is 16.1 Å². The van der Waals surface area contributed by atoms with Gasteiger partial charge in [-0.2, -0.15) is 0 Å². The standard InChI is InChI=1S/C27H29N5OS/c1-27(2,3)20-7-4-5-9-23(20)33-25-22(8-6-13-29-25)31-26-30-21-12-16-32(18-24(21)34-26)17-19-10-14-28-15-11-19/h4-11,13-15H,12,16-18H2,1-3H3,(H,30,31). The Morgan fingerprint density at radius 1 is 1.03 bits per heavy atom. The predicted octanol–water partition coefficient (Wildman–Crippen LogP) is 6.32. The number of fused-ring (bicyclic) bond motifs is 1. The molecule has 0 amide bonds. The van der Waals surface area contributed by atoms with E-state index in [1.807, 2.05) is 42.7 Å². The molecule has 7 heteroatoms. The summed E-state index contributed by atoms with van der Waals surface area (Å²) >= 11 is 1.71. The average molecular weight is 472 g/mol. The van der Waals surface area contributed by atoms with E-state index in [2.05, 4.69) is 59.2 Å². The van der Waals surface area contributed by atoms with E-state index in [4.69, 9.17) is 9.72 Å². The molecule has 1 aliphatic heterocycles. The van der Waals surface area contributed by atoms with Crippen LogP contribution in [0.2, 0.25) is 0 Å². The van der Waals surface area contributed by atoms with Crippen molar-refractivity contribution in [2.45, 2.75) is 45.7 Å². The van der Waals surface area contributed by atoms with Gasteiger partial charge >= 0.3 is 0 Å². The van der Waals surface area contributed by atoms with Crippen molar-refractivity contribution in [3.05, 3.63) is 88.8 Å². The van der Waals surface area contributed by atoms with E-state index in [9.17, 15) is 0 Å². The summed E-state index contributed by atoms with van der Waals surface area (Å²) in [7, 11) is 0. The van der Waals surface area contributed by atoms with E-state index in [1.54, 1.807) is 17.5 Å². The third-order valence-corrected chi connectivity index (χ3v) is 6.88. The highest BCUT2D eigenvalue weighted by atomic mass is 32.1. The normalized spacial score (nSPS) is 14.0. The zero-order valence-electron chi connectivity index (χ0n) is 19.8. The molecule has 0 spiro atoms. The molecule has 0 unspecified atom stereocenters. The van der Waals surface area contributed by atoms with Crippen molar-refractivity contribution < 1.29 is 4.74 Å². The Hall–Kier alpha value is -3.29. The van der Waals surface area contributed by atoms with Crippen molar-refractivity contribution in [2.75, 3.05) is 11.9 Å². The van der Waals surface area contributed by atoms with Crippen LogP contribution in [0.25, 0.3) is 0 Å². The molecular weight excluding hydrogens is 442 g/mol. The zero-order chi connectivity index (χ0) is 23.5. The van der Waals surface area contributed by atoms with Gasteiger partial charge in [-0.1, -0.05) is 39.0 Å². The Bertz CT molecular complexity index is 1270. The molecule has 174 valence electrons. The van der Waals surface area contributed by atoms with Gasteiger partial charge in [0.25, 0.3) is 0 Å². The van der Waals surface area contributed by atoms with Crippen LogP contribution in [0.4, 0.5) is 10.8 Å². The van der Waals surface area contributed by atoms with Crippen molar-refractivity contribution in [2.24, 2.45) is 0 Å². The fraction of sp³-hybridized carbons (Fsp3) is 0.296. The van der Waals surface area contributed by atoms with Gasteiger partial charge in [0.05, 0.1) is 5.69 Å². The van der Waals surface area contributed by atoms with Gasteiger partial charge in [0.15, 0.2) is 5.13 Å². The molecule has 0 saturated carbocycles. The van der Waals surface area contributed by atoms with Crippen molar-refractivity contribution in [3.8, 4) is 11.6 Å². The van der Waals surface area contributed by atoms with Crippen LogP contribution in [-0.4, -0.2) is 26.4 Å². The number of nitrogens with one attached hydrogen (secondary N) is 1. The molecule has 6 nitrogen and oxygen atoms in total. The third-order valence-electron chi connectivity index (χ3n) is 5.88. The summed E-state index contributed by atoms with van der Waals surface area (Å²) in [6.45, 7) is 9.40. The first-order valence-electron chi connectivity index (χ1n) is 11.5. The molecule has 4 heterocycles. The molecule has 1 aliphatic rings. The summed E-state index contributed by atoms with van der Waals surface area (Å²) in [5, 5.41) is 4.34. The van der Waals surface area contributed by atoms with Crippen LogP contribution >= 0.6 is 11.3 Å². The van der Waals surface area contributed by atoms with Crippen LogP contribution in [0.1, 0.15) is 42.5 Å². The fourth-order valence-electron chi connectivity index (χ4n) is 4.15. The van der Waals surface area contributed by atoms with Gasteiger partial charge in [0, 0.05) is 55.1 Å². The third kappa shape index (κ3) is 5.11. The molecule has 0 bridgehead atoms. The quantitative estimate of drug-likeness (QED) is 0.355. The first kappa shape index (κ1) is 22.5. The lowest BCUT2D eigenvalue weighted by Crippen LogP contribution is -2.29. The molecule has 0 fully saturated rings. The summed E-state index contributed by atoms with van der Waals surface area (Å²) in [5.74, 6) is 1.37. The largest absolute Gasteiger partial charge is 0.437 e. The Morgan fingerprint density at radius 3 is 2.68 bits per heavy atom.